The summed E-state index contributed by atoms with van der Waals surface area (Å²) in [6.07, 6.45) is -0.379. The van der Waals surface area contributed by atoms with Crippen molar-refractivity contribution in [1.29, 1.82) is 0 Å². The van der Waals surface area contributed by atoms with E-state index in [4.69, 9.17) is 14.2 Å². The smallest absolute Gasteiger partial charge is 0.507 e. The van der Waals surface area contributed by atoms with Crippen LogP contribution in [0.1, 0.15) is 32.4 Å². The number of nitrogens with one attached hydrogen (secondary N) is 1. The molecule has 1 unspecified atom stereocenters. The molecule has 11 heteroatoms. The Hall–Kier alpha value is -3.99. The number of aromatic nitrogens is 2. The summed E-state index contributed by atoms with van der Waals surface area (Å²) in [5, 5.41) is 25.6. The zero-order valence-corrected chi connectivity index (χ0v) is 18.6. The number of phenols is 1. The maximum atomic E-state index is 11.7. The van der Waals surface area contributed by atoms with Crippen molar-refractivity contribution in [3.8, 4) is 17.2 Å². The van der Waals surface area contributed by atoms with Crippen LogP contribution >= 0.6 is 0 Å². The number of amidine groups is 1. The van der Waals surface area contributed by atoms with Gasteiger partial charge in [0.05, 0.1) is 36.8 Å². The molecule has 0 amide bonds. The number of benzene rings is 2. The van der Waals surface area contributed by atoms with Gasteiger partial charge in [0.2, 0.25) is 6.35 Å². The van der Waals surface area contributed by atoms with Gasteiger partial charge in [-0.05, 0) is 39.0 Å². The van der Waals surface area contributed by atoms with Crippen molar-refractivity contribution < 1.29 is 29.2 Å². The Morgan fingerprint density at radius 2 is 2.06 bits per heavy atom. The maximum absolute atomic E-state index is 11.7. The first-order valence-electron chi connectivity index (χ1n) is 10.4. The monoisotopic (exact) mass is 455 g/mol. The molecule has 1 atom stereocenters. The highest BCUT2D eigenvalue weighted by Crippen LogP contribution is 2.38. The maximum Gasteiger partial charge on any atom is 0.513 e. The van der Waals surface area contributed by atoms with Crippen molar-refractivity contribution in [2.75, 3.05) is 18.6 Å². The van der Waals surface area contributed by atoms with Crippen LogP contribution in [0, 0.1) is 0 Å². The van der Waals surface area contributed by atoms with E-state index < -0.39 is 12.5 Å². The quantitative estimate of drug-likeness (QED) is 0.379. The highest BCUT2D eigenvalue weighted by Gasteiger charge is 2.33. The van der Waals surface area contributed by atoms with Crippen molar-refractivity contribution in [3.05, 3.63) is 42.2 Å². The summed E-state index contributed by atoms with van der Waals surface area (Å²) in [4.78, 5) is 17.8. The second kappa shape index (κ2) is 8.87. The van der Waals surface area contributed by atoms with Crippen LogP contribution in [-0.2, 0) is 4.74 Å². The molecule has 0 aliphatic carbocycles. The molecule has 33 heavy (non-hydrogen) atoms. The van der Waals surface area contributed by atoms with Crippen LogP contribution in [0.25, 0.3) is 11.0 Å². The molecule has 1 aliphatic rings. The molecule has 0 spiro atoms. The molecular formula is C22H25N5O6. The molecular weight excluding hydrogens is 430 g/mol. The number of carbonyl (C=O) groups excluding carboxylic acids is 1. The van der Waals surface area contributed by atoms with E-state index in [1.807, 2.05) is 16.7 Å². The first kappa shape index (κ1) is 22.2. The number of imidazole rings is 1. The molecule has 3 aromatic rings. The molecule has 0 bridgehead atoms. The van der Waals surface area contributed by atoms with Gasteiger partial charge in [0.25, 0.3) is 0 Å². The molecule has 1 aliphatic heterocycles. The number of carbonyl (C=O) groups is 1. The van der Waals surface area contributed by atoms with Gasteiger partial charge in [0.1, 0.15) is 11.3 Å². The van der Waals surface area contributed by atoms with E-state index in [0.717, 1.165) is 5.52 Å². The van der Waals surface area contributed by atoms with Gasteiger partial charge in [0.15, 0.2) is 17.3 Å². The summed E-state index contributed by atoms with van der Waals surface area (Å²) in [7, 11) is 1.40. The van der Waals surface area contributed by atoms with E-state index in [-0.39, 0.29) is 41.3 Å². The fourth-order valence-electron chi connectivity index (χ4n) is 3.63. The number of aliphatic hydroxyl groups excluding tert-OH is 1. The molecule has 174 valence electrons. The van der Waals surface area contributed by atoms with Gasteiger partial charge < -0.3 is 29.0 Å². The molecule has 2 aromatic carbocycles. The Morgan fingerprint density at radius 1 is 1.27 bits per heavy atom. The number of hydrazone groups is 1. The Kier molecular flexibility index (Phi) is 5.97. The fourth-order valence-corrected chi connectivity index (χ4v) is 3.63. The highest BCUT2D eigenvalue weighted by molar-refractivity contribution is 6.15. The topological polar surface area (TPSA) is 131 Å². The lowest BCUT2D eigenvalue weighted by atomic mass is 10.1. The van der Waals surface area contributed by atoms with E-state index in [1.54, 1.807) is 19.3 Å². The summed E-state index contributed by atoms with van der Waals surface area (Å²) in [6.45, 7) is 5.89. The van der Waals surface area contributed by atoms with E-state index in [0.29, 0.717) is 11.2 Å². The average molecular weight is 455 g/mol. The second-order valence-corrected chi connectivity index (χ2v) is 7.50. The standard InChI is InChI=1S/C22H25N5O6/c1-5-32-22(30)33-18-10-16(28)13(9-17(18)31-4)20-24-25-21(29)27(20)15-8-6-7-14-19(15)23-11-26(14)12(2)3/h6-12,21,25,28-29H,5H2,1-4H3. The SMILES string of the molecule is CCOC(=O)Oc1cc(O)c(C2=NNC(O)N2c2cccc3c2ncn3C(C)C)cc1OC. The number of hydrogen-bond donors (Lipinski definition) is 3. The van der Waals surface area contributed by atoms with Crippen molar-refractivity contribution in [2.45, 2.75) is 33.2 Å². The summed E-state index contributed by atoms with van der Waals surface area (Å²) >= 11 is 0. The molecule has 2 heterocycles. The number of hydrogen-bond acceptors (Lipinski definition) is 10. The van der Waals surface area contributed by atoms with Gasteiger partial charge in [-0.25, -0.2) is 9.78 Å². The Morgan fingerprint density at radius 3 is 2.76 bits per heavy atom. The van der Waals surface area contributed by atoms with E-state index >= 15 is 0 Å². The molecule has 4 rings (SSSR count). The number of ether oxygens (including phenoxy) is 3. The number of rotatable bonds is 6. The molecule has 0 saturated heterocycles. The van der Waals surface area contributed by atoms with E-state index in [1.165, 1.54) is 24.1 Å². The molecule has 0 radical (unpaired) electrons. The second-order valence-electron chi connectivity index (χ2n) is 7.50. The minimum absolute atomic E-state index is 0.0198. The average Bonchev–Trinajstić information content (AvgIpc) is 3.38. The lowest BCUT2D eigenvalue weighted by Crippen LogP contribution is -2.40. The first-order chi connectivity index (χ1) is 15.8. The normalized spacial score (nSPS) is 15.5. The third-order valence-electron chi connectivity index (χ3n) is 5.14. The third kappa shape index (κ3) is 3.98. The predicted octanol–water partition coefficient (Wildman–Crippen LogP) is 2.91. The summed E-state index contributed by atoms with van der Waals surface area (Å²) in [5.41, 5.74) is 5.00. The van der Waals surface area contributed by atoms with E-state index in [9.17, 15) is 15.0 Å². The zero-order chi connectivity index (χ0) is 23.7. The Balaban J connectivity index is 1.77. The van der Waals surface area contributed by atoms with E-state index in [2.05, 4.69) is 29.4 Å². The number of methoxy groups -OCH3 is 1. The van der Waals surface area contributed by atoms with Crippen LogP contribution in [0.15, 0.2) is 41.8 Å². The molecule has 0 saturated carbocycles. The van der Waals surface area contributed by atoms with Crippen LogP contribution in [0.3, 0.4) is 0 Å². The van der Waals surface area contributed by atoms with Gasteiger partial charge in [-0.1, -0.05) is 6.07 Å². The predicted molar refractivity (Wildman–Crippen MR) is 121 cm³/mol. The van der Waals surface area contributed by atoms with Crippen LogP contribution in [-0.4, -0.2) is 51.8 Å². The van der Waals surface area contributed by atoms with Crippen LogP contribution < -0.4 is 19.8 Å². The van der Waals surface area contributed by atoms with Crippen molar-refractivity contribution in [2.24, 2.45) is 5.10 Å². The van der Waals surface area contributed by atoms with Gasteiger partial charge in [-0.15, -0.1) is 0 Å². The highest BCUT2D eigenvalue weighted by atomic mass is 16.7. The summed E-state index contributed by atoms with van der Waals surface area (Å²) < 4.78 is 17.2. The minimum Gasteiger partial charge on any atom is -0.507 e. The number of nitrogens with zero attached hydrogens (tertiary/aromatic N) is 4. The van der Waals surface area contributed by atoms with Gasteiger partial charge >= 0.3 is 6.16 Å². The third-order valence-corrected chi connectivity index (χ3v) is 5.14. The van der Waals surface area contributed by atoms with Crippen LogP contribution in [0.2, 0.25) is 0 Å². The van der Waals surface area contributed by atoms with Gasteiger partial charge in [-0.2, -0.15) is 5.10 Å². The van der Waals surface area contributed by atoms with Crippen molar-refractivity contribution >= 4 is 28.7 Å². The van der Waals surface area contributed by atoms with Crippen LogP contribution in [0.4, 0.5) is 10.5 Å². The summed E-state index contributed by atoms with van der Waals surface area (Å²) in [6, 6.07) is 8.49. The Labute approximate surface area is 189 Å². The molecule has 11 nitrogen and oxygen atoms in total. The lowest BCUT2D eigenvalue weighted by Gasteiger charge is -2.24. The number of aliphatic hydroxyl groups is 1. The number of aromatic hydroxyl groups is 1. The lowest BCUT2D eigenvalue weighted by molar-refractivity contribution is 0.103. The number of fused-ring (bicyclic) bond motifs is 1. The van der Waals surface area contributed by atoms with Gasteiger partial charge in [0, 0.05) is 12.1 Å². The van der Waals surface area contributed by atoms with Crippen molar-refractivity contribution in [1.82, 2.24) is 15.0 Å². The first-order valence-corrected chi connectivity index (χ1v) is 10.4. The number of para-hydroxylation sites is 1. The molecule has 3 N–H and O–H groups in total. The molecule has 0 fully saturated rings. The zero-order valence-electron chi connectivity index (χ0n) is 18.6. The summed E-state index contributed by atoms with van der Waals surface area (Å²) in [5.74, 6) is 0.137. The fraction of sp³-hybridized carbons (Fsp3) is 0.318. The van der Waals surface area contributed by atoms with Crippen molar-refractivity contribution in [3.63, 3.8) is 0 Å². The Bertz CT molecular complexity index is 1220. The molecule has 1 aromatic heterocycles. The van der Waals surface area contributed by atoms with Gasteiger partial charge in [-0.3, -0.25) is 10.3 Å². The number of anilines is 1. The van der Waals surface area contributed by atoms with Crippen LogP contribution in [0.5, 0.6) is 17.2 Å². The number of phenolic OH excluding ortho intramolecular Hbond substituents is 1. The largest absolute Gasteiger partial charge is 0.513 e. The minimum atomic E-state index is -1.20.